The van der Waals surface area contributed by atoms with Gasteiger partial charge in [-0.1, -0.05) is 29.8 Å². The second kappa shape index (κ2) is 5.57. The minimum atomic E-state index is -0.192. The fraction of sp³-hybridized carbons (Fsp3) is 0. The minimum absolute atomic E-state index is 0.192. The summed E-state index contributed by atoms with van der Waals surface area (Å²) in [5.41, 5.74) is 0.893. The zero-order chi connectivity index (χ0) is 14.8. The fourth-order valence-electron chi connectivity index (χ4n) is 1.98. The summed E-state index contributed by atoms with van der Waals surface area (Å²) in [4.78, 5) is 12.9. The summed E-state index contributed by atoms with van der Waals surface area (Å²) in [6.45, 7) is 0. The van der Waals surface area contributed by atoms with Crippen LogP contribution < -0.4 is 5.32 Å². The van der Waals surface area contributed by atoms with E-state index >= 15 is 0 Å². The largest absolute Gasteiger partial charge is 0.321 e. The maximum atomic E-state index is 12.3. The number of anilines is 1. The van der Waals surface area contributed by atoms with Crippen LogP contribution in [0.5, 0.6) is 0 Å². The number of rotatable bonds is 2. The number of halogens is 1. The number of amides is 1. The predicted molar refractivity (Wildman–Crippen MR) is 85.9 cm³/mol. The van der Waals surface area contributed by atoms with Gasteiger partial charge in [0.2, 0.25) is 0 Å². The van der Waals surface area contributed by atoms with Crippen LogP contribution in [0.3, 0.4) is 0 Å². The van der Waals surface area contributed by atoms with Gasteiger partial charge in [0.25, 0.3) is 5.91 Å². The van der Waals surface area contributed by atoms with Gasteiger partial charge in [-0.15, -0.1) is 11.3 Å². The third-order valence-electron chi connectivity index (χ3n) is 2.99. The Morgan fingerprint density at radius 3 is 2.76 bits per heavy atom. The van der Waals surface area contributed by atoms with E-state index in [9.17, 15) is 4.79 Å². The van der Waals surface area contributed by atoms with E-state index in [0.717, 1.165) is 10.1 Å². The van der Waals surface area contributed by atoms with E-state index in [2.05, 4.69) is 5.32 Å². The van der Waals surface area contributed by atoms with Crippen molar-refractivity contribution in [1.82, 2.24) is 0 Å². The Morgan fingerprint density at radius 2 is 2.00 bits per heavy atom. The molecule has 102 valence electrons. The number of carbonyl (C=O) groups excluding carboxylic acids is 1. The molecule has 1 heterocycles. The number of carbonyl (C=O) groups is 1. The molecule has 0 bridgehead atoms. The molecule has 0 atom stereocenters. The van der Waals surface area contributed by atoms with Crippen molar-refractivity contribution >= 4 is 44.6 Å². The highest BCUT2D eigenvalue weighted by atomic mass is 35.5. The van der Waals surface area contributed by atoms with Gasteiger partial charge >= 0.3 is 0 Å². The van der Waals surface area contributed by atoms with E-state index in [4.69, 9.17) is 16.9 Å². The number of nitrogens with one attached hydrogen (secondary N) is 1. The van der Waals surface area contributed by atoms with Crippen molar-refractivity contribution in [1.29, 1.82) is 5.26 Å². The molecular weight excluding hydrogens is 304 g/mol. The molecule has 0 saturated heterocycles. The van der Waals surface area contributed by atoms with Crippen LogP contribution in [-0.4, -0.2) is 5.91 Å². The maximum absolute atomic E-state index is 12.3. The summed E-state index contributed by atoms with van der Waals surface area (Å²) >= 11 is 7.30. The fourth-order valence-corrected chi connectivity index (χ4v) is 3.09. The van der Waals surface area contributed by atoms with E-state index in [1.165, 1.54) is 11.3 Å². The van der Waals surface area contributed by atoms with Crippen LogP contribution in [0.2, 0.25) is 5.02 Å². The van der Waals surface area contributed by atoms with Gasteiger partial charge in [-0.3, -0.25) is 4.79 Å². The highest BCUT2D eigenvalue weighted by Crippen LogP contribution is 2.26. The molecule has 3 rings (SSSR count). The number of benzene rings is 2. The average Bonchev–Trinajstić information content (AvgIpc) is 2.93. The van der Waals surface area contributed by atoms with E-state index in [-0.39, 0.29) is 5.91 Å². The van der Waals surface area contributed by atoms with Crippen LogP contribution in [0.25, 0.3) is 10.1 Å². The van der Waals surface area contributed by atoms with Gasteiger partial charge in [0.05, 0.1) is 15.5 Å². The SMILES string of the molecule is N#Cc1cc(NC(=O)c2cc3ccccc3s2)ccc1Cl. The smallest absolute Gasteiger partial charge is 0.265 e. The van der Waals surface area contributed by atoms with Crippen molar-refractivity contribution in [2.75, 3.05) is 5.32 Å². The van der Waals surface area contributed by atoms with Crippen LogP contribution in [0.15, 0.2) is 48.5 Å². The van der Waals surface area contributed by atoms with Gasteiger partial charge in [-0.25, -0.2) is 0 Å². The highest BCUT2D eigenvalue weighted by molar-refractivity contribution is 7.20. The number of fused-ring (bicyclic) bond motifs is 1. The maximum Gasteiger partial charge on any atom is 0.265 e. The lowest BCUT2D eigenvalue weighted by Crippen LogP contribution is -2.10. The topological polar surface area (TPSA) is 52.9 Å². The monoisotopic (exact) mass is 312 g/mol. The van der Waals surface area contributed by atoms with Crippen molar-refractivity contribution in [3.05, 3.63) is 64.0 Å². The van der Waals surface area contributed by atoms with Crippen molar-refractivity contribution in [2.24, 2.45) is 0 Å². The van der Waals surface area contributed by atoms with E-state index in [0.29, 0.717) is 21.2 Å². The van der Waals surface area contributed by atoms with Crippen molar-refractivity contribution < 1.29 is 4.79 Å². The molecule has 0 aliphatic heterocycles. The molecule has 0 radical (unpaired) electrons. The predicted octanol–water partition coefficient (Wildman–Crippen LogP) is 4.68. The molecule has 3 aromatic rings. The van der Waals surface area contributed by atoms with Crippen molar-refractivity contribution in [3.8, 4) is 6.07 Å². The number of hydrogen-bond acceptors (Lipinski definition) is 3. The first-order valence-electron chi connectivity index (χ1n) is 6.17. The zero-order valence-corrected chi connectivity index (χ0v) is 12.3. The van der Waals surface area contributed by atoms with Gasteiger partial charge in [0, 0.05) is 10.4 Å². The van der Waals surface area contributed by atoms with Crippen molar-refractivity contribution in [2.45, 2.75) is 0 Å². The summed E-state index contributed by atoms with van der Waals surface area (Å²) < 4.78 is 1.07. The number of nitriles is 1. The minimum Gasteiger partial charge on any atom is -0.321 e. The van der Waals surface area contributed by atoms with Gasteiger partial charge in [0.15, 0.2) is 0 Å². The lowest BCUT2D eigenvalue weighted by Gasteiger charge is -2.04. The molecule has 0 spiro atoms. The third kappa shape index (κ3) is 2.75. The first kappa shape index (κ1) is 13.6. The van der Waals surface area contributed by atoms with Crippen LogP contribution in [-0.2, 0) is 0 Å². The molecule has 0 saturated carbocycles. The molecular formula is C16H9ClN2OS. The molecule has 1 amide bonds. The Bertz CT molecular complexity index is 846. The highest BCUT2D eigenvalue weighted by Gasteiger charge is 2.11. The van der Waals surface area contributed by atoms with Crippen LogP contribution in [0, 0.1) is 11.3 Å². The second-order valence-electron chi connectivity index (χ2n) is 4.41. The summed E-state index contributed by atoms with van der Waals surface area (Å²) in [6.07, 6.45) is 0. The summed E-state index contributed by atoms with van der Waals surface area (Å²) in [5, 5.41) is 13.1. The molecule has 21 heavy (non-hydrogen) atoms. The molecule has 0 fully saturated rings. The quantitative estimate of drug-likeness (QED) is 0.747. The first-order valence-corrected chi connectivity index (χ1v) is 7.36. The Labute approximate surface area is 130 Å². The molecule has 1 N–H and O–H groups in total. The van der Waals surface area contributed by atoms with Crippen LogP contribution in [0.1, 0.15) is 15.2 Å². The van der Waals surface area contributed by atoms with Crippen LogP contribution in [0.4, 0.5) is 5.69 Å². The average molecular weight is 313 g/mol. The first-order chi connectivity index (χ1) is 10.2. The molecule has 0 aliphatic carbocycles. The normalized spacial score (nSPS) is 10.3. The lowest BCUT2D eigenvalue weighted by molar-refractivity contribution is 0.103. The number of nitrogens with zero attached hydrogens (tertiary/aromatic N) is 1. The van der Waals surface area contributed by atoms with Gasteiger partial charge in [0.1, 0.15) is 6.07 Å². The molecule has 2 aromatic carbocycles. The summed E-state index contributed by atoms with van der Waals surface area (Å²) in [5.74, 6) is -0.192. The molecule has 0 aliphatic rings. The molecule has 5 heteroatoms. The van der Waals surface area contributed by atoms with Crippen LogP contribution >= 0.6 is 22.9 Å². The van der Waals surface area contributed by atoms with Crippen molar-refractivity contribution in [3.63, 3.8) is 0 Å². The van der Waals surface area contributed by atoms with Gasteiger partial charge in [-0.05, 0) is 35.7 Å². The Hall–Kier alpha value is -2.35. The second-order valence-corrected chi connectivity index (χ2v) is 5.90. The Kier molecular flexibility index (Phi) is 3.61. The standard InChI is InChI=1S/C16H9ClN2OS/c17-13-6-5-12(7-11(13)9-18)19-16(20)15-8-10-3-1-2-4-14(10)21-15/h1-8H,(H,19,20). The Balaban J connectivity index is 1.88. The van der Waals surface area contributed by atoms with E-state index in [1.807, 2.05) is 36.4 Å². The zero-order valence-electron chi connectivity index (χ0n) is 10.8. The van der Waals surface area contributed by atoms with E-state index in [1.54, 1.807) is 18.2 Å². The third-order valence-corrected chi connectivity index (χ3v) is 4.44. The molecule has 1 aromatic heterocycles. The summed E-state index contributed by atoms with van der Waals surface area (Å²) in [7, 11) is 0. The lowest BCUT2D eigenvalue weighted by atomic mass is 10.2. The Morgan fingerprint density at radius 1 is 1.19 bits per heavy atom. The summed E-state index contributed by atoms with van der Waals surface area (Å²) in [6, 6.07) is 16.5. The molecule has 0 unspecified atom stereocenters. The van der Waals surface area contributed by atoms with Gasteiger partial charge < -0.3 is 5.32 Å². The number of thiophene rings is 1. The number of hydrogen-bond donors (Lipinski definition) is 1. The van der Waals surface area contributed by atoms with E-state index < -0.39 is 0 Å². The van der Waals surface area contributed by atoms with Gasteiger partial charge in [-0.2, -0.15) is 5.26 Å². The molecule has 3 nitrogen and oxygen atoms in total.